The number of alkyl carbamates (subject to hydrolysis) is 1. The summed E-state index contributed by atoms with van der Waals surface area (Å²) < 4.78 is 10.4. The lowest BCUT2D eigenvalue weighted by Gasteiger charge is -2.21. The zero-order valence-corrected chi connectivity index (χ0v) is 19.2. The molecule has 1 aliphatic carbocycles. The first-order chi connectivity index (χ1) is 16.5. The summed E-state index contributed by atoms with van der Waals surface area (Å²) in [7, 11) is 1.52. The Morgan fingerprint density at radius 2 is 1.65 bits per heavy atom. The van der Waals surface area contributed by atoms with Crippen molar-refractivity contribution in [3.63, 3.8) is 0 Å². The lowest BCUT2D eigenvalue weighted by molar-refractivity contribution is -0.142. The van der Waals surface area contributed by atoms with E-state index in [4.69, 9.17) is 9.47 Å². The molecule has 0 aromatic heterocycles. The molecule has 1 aliphatic rings. The number of ether oxygens (including phenoxy) is 2. The topological polar surface area (TPSA) is 114 Å². The molecule has 0 aliphatic heterocycles. The summed E-state index contributed by atoms with van der Waals surface area (Å²) in [6.45, 7) is 4.11. The number of benzene rings is 2. The van der Waals surface area contributed by atoms with Crippen molar-refractivity contribution >= 4 is 18.0 Å². The number of carboxylic acid groups (broad SMARTS) is 1. The van der Waals surface area contributed by atoms with Gasteiger partial charge in [0, 0.05) is 19.6 Å². The van der Waals surface area contributed by atoms with Crippen molar-refractivity contribution in [1.82, 2.24) is 10.6 Å². The molecule has 3 rings (SSSR count). The Hall–Kier alpha value is -3.65. The number of carboxylic acids is 1. The second kappa shape index (κ2) is 12.0. The molecule has 2 unspecified atom stereocenters. The van der Waals surface area contributed by atoms with E-state index in [0.717, 1.165) is 22.3 Å². The third-order valence-electron chi connectivity index (χ3n) is 5.81. The van der Waals surface area contributed by atoms with Crippen molar-refractivity contribution in [3.8, 4) is 11.1 Å². The van der Waals surface area contributed by atoms with E-state index >= 15 is 0 Å². The monoisotopic (exact) mass is 466 g/mol. The van der Waals surface area contributed by atoms with E-state index in [1.54, 1.807) is 0 Å². The first kappa shape index (κ1) is 25.0. The van der Waals surface area contributed by atoms with Gasteiger partial charge in [0.15, 0.2) is 0 Å². The van der Waals surface area contributed by atoms with Crippen molar-refractivity contribution in [1.29, 1.82) is 0 Å². The Balaban J connectivity index is 1.61. The number of hydrogen-bond acceptors (Lipinski definition) is 5. The van der Waals surface area contributed by atoms with E-state index in [0.29, 0.717) is 13.0 Å². The van der Waals surface area contributed by atoms with Crippen LogP contribution in [0.1, 0.15) is 36.3 Å². The van der Waals surface area contributed by atoms with Crippen LogP contribution in [0.3, 0.4) is 0 Å². The zero-order valence-electron chi connectivity index (χ0n) is 19.2. The number of hydrogen-bond donors (Lipinski definition) is 3. The molecule has 34 heavy (non-hydrogen) atoms. The highest BCUT2D eigenvalue weighted by Gasteiger charge is 2.30. The fourth-order valence-electron chi connectivity index (χ4n) is 4.14. The Morgan fingerprint density at radius 1 is 1.03 bits per heavy atom. The van der Waals surface area contributed by atoms with Crippen molar-refractivity contribution in [3.05, 3.63) is 72.3 Å². The number of nitrogens with one attached hydrogen (secondary N) is 2. The van der Waals surface area contributed by atoms with Crippen molar-refractivity contribution in [2.75, 3.05) is 20.3 Å². The Morgan fingerprint density at radius 3 is 2.21 bits per heavy atom. The molecule has 0 fully saturated rings. The number of fused-ring (bicyclic) bond motifs is 3. The summed E-state index contributed by atoms with van der Waals surface area (Å²) in [4.78, 5) is 36.7. The fraction of sp³-hybridized carbons (Fsp3) is 0.346. The lowest BCUT2D eigenvalue weighted by Crippen LogP contribution is -2.51. The van der Waals surface area contributed by atoms with Crippen LogP contribution in [0.2, 0.25) is 0 Å². The Kier molecular flexibility index (Phi) is 8.81. The first-order valence-corrected chi connectivity index (χ1v) is 11.2. The first-order valence-electron chi connectivity index (χ1n) is 11.2. The van der Waals surface area contributed by atoms with E-state index in [9.17, 15) is 19.5 Å². The predicted octanol–water partition coefficient (Wildman–Crippen LogP) is 3.47. The van der Waals surface area contributed by atoms with E-state index in [2.05, 4.69) is 17.2 Å². The van der Waals surface area contributed by atoms with Crippen LogP contribution in [-0.4, -0.2) is 55.5 Å². The van der Waals surface area contributed by atoms with E-state index in [1.807, 2.05) is 48.5 Å². The maximum atomic E-state index is 12.7. The summed E-state index contributed by atoms with van der Waals surface area (Å²) in [5.74, 6) is -1.87. The van der Waals surface area contributed by atoms with E-state index < -0.39 is 30.1 Å². The minimum absolute atomic E-state index is 0.108. The molecule has 0 saturated carbocycles. The number of rotatable bonds is 12. The summed E-state index contributed by atoms with van der Waals surface area (Å²) in [5, 5.41) is 14.4. The van der Waals surface area contributed by atoms with Gasteiger partial charge in [0.05, 0.1) is 0 Å². The van der Waals surface area contributed by atoms with Gasteiger partial charge in [-0.25, -0.2) is 9.59 Å². The van der Waals surface area contributed by atoms with Gasteiger partial charge in [-0.3, -0.25) is 4.79 Å². The summed E-state index contributed by atoms with van der Waals surface area (Å²) in [6, 6.07) is 13.9. The largest absolute Gasteiger partial charge is 0.480 e. The zero-order chi connectivity index (χ0) is 24.5. The normalized spacial score (nSPS) is 13.8. The molecule has 8 heteroatoms. The highest BCUT2D eigenvalue weighted by atomic mass is 16.5. The summed E-state index contributed by atoms with van der Waals surface area (Å²) >= 11 is 0. The average molecular weight is 467 g/mol. The van der Waals surface area contributed by atoms with Gasteiger partial charge in [-0.15, -0.1) is 6.58 Å². The third-order valence-corrected chi connectivity index (χ3v) is 5.81. The molecule has 180 valence electrons. The molecule has 0 heterocycles. The van der Waals surface area contributed by atoms with Crippen LogP contribution in [0.5, 0.6) is 0 Å². The Labute approximate surface area is 199 Å². The van der Waals surface area contributed by atoms with Crippen LogP contribution in [-0.2, 0) is 19.1 Å². The number of amides is 2. The predicted molar refractivity (Wildman–Crippen MR) is 127 cm³/mol. The summed E-state index contributed by atoms with van der Waals surface area (Å²) in [5.41, 5.74) is 4.39. The molecule has 0 spiro atoms. The van der Waals surface area contributed by atoms with Crippen molar-refractivity contribution in [2.45, 2.75) is 37.3 Å². The van der Waals surface area contributed by atoms with Crippen molar-refractivity contribution in [2.24, 2.45) is 0 Å². The second-order valence-corrected chi connectivity index (χ2v) is 8.08. The van der Waals surface area contributed by atoms with Gasteiger partial charge in [-0.2, -0.15) is 0 Å². The van der Waals surface area contributed by atoms with Crippen LogP contribution in [0.4, 0.5) is 4.79 Å². The van der Waals surface area contributed by atoms with Crippen LogP contribution >= 0.6 is 0 Å². The highest BCUT2D eigenvalue weighted by molar-refractivity contribution is 5.89. The molecule has 0 saturated heterocycles. The van der Waals surface area contributed by atoms with Crippen molar-refractivity contribution < 1.29 is 29.0 Å². The van der Waals surface area contributed by atoms with Crippen LogP contribution < -0.4 is 10.6 Å². The number of methoxy groups -OCH3 is 1. The van der Waals surface area contributed by atoms with E-state index in [-0.39, 0.29) is 25.4 Å². The minimum atomic E-state index is -1.15. The van der Waals surface area contributed by atoms with Crippen LogP contribution in [0.25, 0.3) is 11.1 Å². The molecule has 3 N–H and O–H groups in total. The molecule has 2 atom stereocenters. The third kappa shape index (κ3) is 6.02. The minimum Gasteiger partial charge on any atom is -0.480 e. The number of aliphatic carboxylic acids is 1. The lowest BCUT2D eigenvalue weighted by atomic mass is 9.98. The van der Waals surface area contributed by atoms with E-state index in [1.165, 1.54) is 13.2 Å². The average Bonchev–Trinajstić information content (AvgIpc) is 3.15. The quantitative estimate of drug-likeness (QED) is 0.326. The molecule has 2 aromatic rings. The van der Waals surface area contributed by atoms with Crippen LogP contribution in [0, 0.1) is 0 Å². The maximum absolute atomic E-state index is 12.7. The van der Waals surface area contributed by atoms with Gasteiger partial charge in [0.2, 0.25) is 5.91 Å². The van der Waals surface area contributed by atoms with Gasteiger partial charge >= 0.3 is 12.1 Å². The standard InChI is InChI=1S/C26H30N2O6/c1-3-9-22(24(29)27-23(25(30)31)14-8-15-33-2)28-26(32)34-16-21-19-12-6-4-10-17(19)18-11-5-7-13-20(18)21/h3-7,10-13,21-23H,1,8-9,14-16H2,2H3,(H,27,29)(H,28,32)(H,30,31). The molecular formula is C26H30N2O6. The SMILES string of the molecule is C=CCC(NC(=O)OCC1c2ccccc2-c2ccccc21)C(=O)NC(CCCOC)C(=O)O. The molecule has 2 aromatic carbocycles. The second-order valence-electron chi connectivity index (χ2n) is 8.08. The van der Waals surface area contributed by atoms with Gasteiger partial charge in [-0.05, 0) is 41.5 Å². The summed E-state index contributed by atoms with van der Waals surface area (Å²) in [6.07, 6.45) is 1.53. The molecule has 8 nitrogen and oxygen atoms in total. The Bertz CT molecular complexity index is 992. The molecular weight excluding hydrogens is 436 g/mol. The highest BCUT2D eigenvalue weighted by Crippen LogP contribution is 2.44. The maximum Gasteiger partial charge on any atom is 0.407 e. The van der Waals surface area contributed by atoms with Gasteiger partial charge in [0.1, 0.15) is 18.7 Å². The molecule has 0 bridgehead atoms. The smallest absolute Gasteiger partial charge is 0.407 e. The van der Waals surface area contributed by atoms with Gasteiger partial charge in [0.25, 0.3) is 0 Å². The van der Waals surface area contributed by atoms with Crippen LogP contribution in [0.15, 0.2) is 61.2 Å². The molecule has 0 radical (unpaired) electrons. The number of carbonyl (C=O) groups excluding carboxylic acids is 2. The number of carbonyl (C=O) groups is 3. The molecule has 2 amide bonds. The fourth-order valence-corrected chi connectivity index (χ4v) is 4.14. The van der Waals surface area contributed by atoms with Gasteiger partial charge < -0.3 is 25.2 Å². The van der Waals surface area contributed by atoms with Gasteiger partial charge in [-0.1, -0.05) is 54.6 Å².